The van der Waals surface area contributed by atoms with Crippen LogP contribution in [-0.2, 0) is 0 Å². The average molecular weight is 619 g/mol. The highest BCUT2D eigenvalue weighted by atomic mass is 79.9. The van der Waals surface area contributed by atoms with Crippen LogP contribution in [0.15, 0.2) is 94.5 Å². The van der Waals surface area contributed by atoms with Crippen LogP contribution in [0.25, 0.3) is 16.6 Å². The first-order chi connectivity index (χ1) is 19.7. The normalized spacial score (nSPS) is 10.8. The molecule has 3 aromatic carbocycles. The summed E-state index contributed by atoms with van der Waals surface area (Å²) >= 11 is 3.23. The fourth-order valence-electron chi connectivity index (χ4n) is 4.15. The molecule has 2 aromatic heterocycles. The van der Waals surface area contributed by atoms with E-state index in [0.29, 0.717) is 16.5 Å². The van der Waals surface area contributed by atoms with Gasteiger partial charge in [0, 0.05) is 46.6 Å². The molecule has 0 aliphatic rings. The molecule has 11 heteroatoms. The lowest BCUT2D eigenvalue weighted by molar-refractivity contribution is 0.0949. The molecule has 0 aliphatic carbocycles. The van der Waals surface area contributed by atoms with Crippen LogP contribution in [0.1, 0.15) is 27.8 Å². The first-order valence-corrected chi connectivity index (χ1v) is 13.2. The number of anilines is 1. The van der Waals surface area contributed by atoms with Gasteiger partial charge in [0.05, 0.1) is 11.2 Å². The van der Waals surface area contributed by atoms with E-state index in [9.17, 15) is 23.2 Å². The molecule has 0 fully saturated rings. The predicted octanol–water partition coefficient (Wildman–Crippen LogP) is 6.22. The summed E-state index contributed by atoms with van der Waals surface area (Å²) in [4.78, 5) is 42.4. The Morgan fingerprint density at radius 3 is 2.54 bits per heavy atom. The number of hydrogen-bond donors (Lipinski definition) is 2. The molecule has 41 heavy (non-hydrogen) atoms. The van der Waals surface area contributed by atoms with Crippen molar-refractivity contribution < 1.29 is 23.1 Å². The summed E-state index contributed by atoms with van der Waals surface area (Å²) in [5.41, 5.74) is -0.106. The van der Waals surface area contributed by atoms with Gasteiger partial charge in [-0.05, 0) is 55.5 Å². The summed E-state index contributed by atoms with van der Waals surface area (Å²) in [6.07, 6.45) is 2.62. The molecule has 0 saturated heterocycles. The number of halogens is 3. The first-order valence-electron chi connectivity index (χ1n) is 12.4. The molecular weight excluding hydrogens is 598 g/mol. The molecule has 0 spiro atoms. The molecule has 2 heterocycles. The zero-order valence-electron chi connectivity index (χ0n) is 21.5. The fourth-order valence-corrected chi connectivity index (χ4v) is 4.49. The number of ether oxygens (including phenoxy) is 1. The maximum absolute atomic E-state index is 14.9. The van der Waals surface area contributed by atoms with Gasteiger partial charge < -0.3 is 19.9 Å². The van der Waals surface area contributed by atoms with Gasteiger partial charge >= 0.3 is 0 Å². The van der Waals surface area contributed by atoms with Gasteiger partial charge in [-0.25, -0.2) is 8.78 Å². The van der Waals surface area contributed by atoms with Gasteiger partial charge in [-0.1, -0.05) is 28.1 Å². The van der Waals surface area contributed by atoms with Crippen molar-refractivity contribution in [3.63, 3.8) is 0 Å². The van der Waals surface area contributed by atoms with Gasteiger partial charge in [0.1, 0.15) is 22.8 Å². The number of amides is 2. The first kappa shape index (κ1) is 27.7. The van der Waals surface area contributed by atoms with Crippen LogP contribution >= 0.6 is 15.9 Å². The Balaban J connectivity index is 1.43. The second-order valence-corrected chi connectivity index (χ2v) is 9.71. The maximum Gasteiger partial charge on any atom is 0.270 e. The smallest absolute Gasteiger partial charge is 0.270 e. The molecule has 0 bridgehead atoms. The van der Waals surface area contributed by atoms with E-state index in [1.54, 1.807) is 37.3 Å². The van der Waals surface area contributed by atoms with Gasteiger partial charge in [-0.2, -0.15) is 0 Å². The molecule has 206 valence electrons. The predicted molar refractivity (Wildman–Crippen MR) is 154 cm³/mol. The lowest BCUT2D eigenvalue weighted by atomic mass is 10.1. The third kappa shape index (κ3) is 5.85. The van der Waals surface area contributed by atoms with Crippen LogP contribution in [0.3, 0.4) is 0 Å². The van der Waals surface area contributed by atoms with Crippen molar-refractivity contribution in [3.05, 3.63) is 123 Å². The summed E-state index contributed by atoms with van der Waals surface area (Å²) in [6.45, 7) is 2.19. The van der Waals surface area contributed by atoms with E-state index in [1.165, 1.54) is 53.4 Å². The van der Waals surface area contributed by atoms with Gasteiger partial charge in [0.15, 0.2) is 11.6 Å². The van der Waals surface area contributed by atoms with E-state index in [2.05, 4.69) is 31.5 Å². The Bertz CT molecular complexity index is 1880. The molecule has 2 amide bonds. The summed E-state index contributed by atoms with van der Waals surface area (Å²) in [6, 6.07) is 17.6. The number of nitrogens with zero attached hydrogens (tertiary/aromatic N) is 2. The Hall–Kier alpha value is -4.90. The van der Waals surface area contributed by atoms with Crippen LogP contribution in [0.5, 0.6) is 11.5 Å². The van der Waals surface area contributed by atoms with Crippen molar-refractivity contribution in [2.24, 2.45) is 0 Å². The number of benzene rings is 3. The fraction of sp³-hybridized carbons (Fsp3) is 0.0667. The zero-order chi connectivity index (χ0) is 29.1. The number of aromatic nitrogens is 2. The molecule has 0 atom stereocenters. The standard InChI is InChI=1S/C30H21BrF2N4O4/c1-2-34-30(40)24-15-19(11-12-35-24)41-27-10-8-18(14-23(27)33)36-29(39)21-16-37(26-9-7-17(31)13-22(26)32)25-6-4-3-5-20(25)28(21)38/h3-16H,2H2,1H3,(H,34,40)(H,36,39). The molecule has 0 saturated carbocycles. The minimum atomic E-state index is -0.805. The largest absolute Gasteiger partial charge is 0.454 e. The highest BCUT2D eigenvalue weighted by molar-refractivity contribution is 9.10. The number of nitrogens with one attached hydrogen (secondary N) is 2. The number of hydrogen-bond acceptors (Lipinski definition) is 5. The number of carbonyl (C=O) groups is 2. The van der Waals surface area contributed by atoms with E-state index in [0.717, 1.165) is 6.07 Å². The Kier molecular flexibility index (Phi) is 7.88. The molecule has 0 radical (unpaired) electrons. The monoisotopic (exact) mass is 618 g/mol. The van der Waals surface area contributed by atoms with Crippen molar-refractivity contribution in [3.8, 4) is 17.2 Å². The lowest BCUT2D eigenvalue weighted by Gasteiger charge is -2.15. The molecule has 0 unspecified atom stereocenters. The van der Waals surface area contributed by atoms with E-state index in [4.69, 9.17) is 4.74 Å². The number of rotatable bonds is 7. The highest BCUT2D eigenvalue weighted by Crippen LogP contribution is 2.28. The third-order valence-electron chi connectivity index (χ3n) is 6.04. The molecule has 0 aliphatic heterocycles. The Morgan fingerprint density at radius 1 is 0.976 bits per heavy atom. The third-order valence-corrected chi connectivity index (χ3v) is 6.54. The van der Waals surface area contributed by atoms with Gasteiger partial charge in [0.25, 0.3) is 11.8 Å². The molecular formula is C30H21BrF2N4O4. The topological polar surface area (TPSA) is 102 Å². The number of pyridine rings is 2. The second-order valence-electron chi connectivity index (χ2n) is 8.79. The number of para-hydroxylation sites is 1. The maximum atomic E-state index is 14.9. The van der Waals surface area contributed by atoms with Gasteiger partial charge in [-0.3, -0.25) is 19.4 Å². The zero-order valence-corrected chi connectivity index (χ0v) is 23.0. The van der Waals surface area contributed by atoms with E-state index < -0.39 is 28.9 Å². The van der Waals surface area contributed by atoms with Crippen molar-refractivity contribution in [1.82, 2.24) is 14.9 Å². The van der Waals surface area contributed by atoms with Gasteiger partial charge in [-0.15, -0.1) is 0 Å². The van der Waals surface area contributed by atoms with Crippen LogP contribution in [0.2, 0.25) is 0 Å². The lowest BCUT2D eigenvalue weighted by Crippen LogP contribution is -2.24. The van der Waals surface area contributed by atoms with Gasteiger partial charge in [0.2, 0.25) is 5.43 Å². The SMILES string of the molecule is CCNC(=O)c1cc(Oc2ccc(NC(=O)c3cn(-c4ccc(Br)cc4F)c4ccccc4c3=O)cc2F)ccn1. The van der Waals surface area contributed by atoms with Crippen molar-refractivity contribution in [1.29, 1.82) is 0 Å². The van der Waals surface area contributed by atoms with Crippen molar-refractivity contribution >= 4 is 44.3 Å². The molecule has 5 rings (SSSR count). The summed E-state index contributed by atoms with van der Waals surface area (Å²) < 4.78 is 37.3. The van der Waals surface area contributed by atoms with E-state index in [1.807, 2.05) is 0 Å². The molecule has 2 N–H and O–H groups in total. The van der Waals surface area contributed by atoms with Crippen molar-refractivity contribution in [2.75, 3.05) is 11.9 Å². The van der Waals surface area contributed by atoms with Crippen LogP contribution < -0.4 is 20.8 Å². The molecule has 8 nitrogen and oxygen atoms in total. The second kappa shape index (κ2) is 11.7. The molecule has 5 aromatic rings. The minimum Gasteiger partial charge on any atom is -0.454 e. The highest BCUT2D eigenvalue weighted by Gasteiger charge is 2.19. The van der Waals surface area contributed by atoms with Crippen LogP contribution in [0.4, 0.5) is 14.5 Å². The Labute approximate surface area is 240 Å². The number of carbonyl (C=O) groups excluding carboxylic acids is 2. The number of fused-ring (bicyclic) bond motifs is 1. The average Bonchev–Trinajstić information content (AvgIpc) is 2.95. The summed E-state index contributed by atoms with van der Waals surface area (Å²) in [5.74, 6) is -2.53. The van der Waals surface area contributed by atoms with Crippen molar-refractivity contribution in [2.45, 2.75) is 6.92 Å². The van der Waals surface area contributed by atoms with Crippen LogP contribution in [-0.4, -0.2) is 27.9 Å². The Morgan fingerprint density at radius 2 is 1.78 bits per heavy atom. The minimum absolute atomic E-state index is 0.0616. The quantitative estimate of drug-likeness (QED) is 0.225. The van der Waals surface area contributed by atoms with Crippen LogP contribution in [0, 0.1) is 11.6 Å². The summed E-state index contributed by atoms with van der Waals surface area (Å²) in [5, 5.41) is 5.35. The van der Waals surface area contributed by atoms with E-state index >= 15 is 0 Å². The van der Waals surface area contributed by atoms with E-state index in [-0.39, 0.29) is 39.5 Å². The summed E-state index contributed by atoms with van der Waals surface area (Å²) in [7, 11) is 0.